The second-order valence-electron chi connectivity index (χ2n) is 8.97. The van der Waals surface area contributed by atoms with Crippen LogP contribution in [0.5, 0.6) is 0 Å². The lowest BCUT2D eigenvalue weighted by molar-refractivity contribution is 0.126. The number of imidazole rings is 1. The van der Waals surface area contributed by atoms with Gasteiger partial charge in [0.2, 0.25) is 11.9 Å². The van der Waals surface area contributed by atoms with Gasteiger partial charge in [-0.25, -0.2) is 15.0 Å². The van der Waals surface area contributed by atoms with Crippen LogP contribution in [0.15, 0.2) is 53.3 Å². The Bertz CT molecular complexity index is 1490. The quantitative estimate of drug-likeness (QED) is 0.346. The van der Waals surface area contributed by atoms with E-state index in [1.807, 2.05) is 26.0 Å². The van der Waals surface area contributed by atoms with Crippen molar-refractivity contribution in [1.29, 1.82) is 0 Å². The van der Waals surface area contributed by atoms with Crippen LogP contribution in [0.4, 0.5) is 8.78 Å². The first-order valence-corrected chi connectivity index (χ1v) is 11.3. The topological polar surface area (TPSA) is 101 Å². The first kappa shape index (κ1) is 21.5. The van der Waals surface area contributed by atoms with Crippen molar-refractivity contribution in [2.75, 3.05) is 0 Å². The summed E-state index contributed by atoms with van der Waals surface area (Å²) in [5.74, 6) is 0.447. The van der Waals surface area contributed by atoms with Crippen molar-refractivity contribution in [1.82, 2.24) is 25.1 Å². The highest BCUT2D eigenvalue weighted by atomic mass is 19.1. The van der Waals surface area contributed by atoms with E-state index in [-0.39, 0.29) is 0 Å². The summed E-state index contributed by atoms with van der Waals surface area (Å²) >= 11 is 0. The molecule has 1 saturated carbocycles. The Kier molecular flexibility index (Phi) is 4.79. The predicted molar refractivity (Wildman–Crippen MR) is 124 cm³/mol. The molecule has 4 heterocycles. The average molecular weight is 473 g/mol. The fourth-order valence-electron chi connectivity index (χ4n) is 4.66. The van der Waals surface area contributed by atoms with Crippen LogP contribution in [0.2, 0.25) is 0 Å². The number of benzene rings is 1. The number of nitrogens with zero attached hydrogens (tertiary/aromatic N) is 4. The van der Waals surface area contributed by atoms with E-state index >= 15 is 0 Å². The number of aliphatic hydroxyl groups is 1. The Hall–Kier alpha value is -3.98. The molecule has 0 aliphatic heterocycles. The molecule has 4 aromatic heterocycles. The average Bonchev–Trinajstić information content (AvgIpc) is 3.53. The van der Waals surface area contributed by atoms with Gasteiger partial charge in [0.05, 0.1) is 16.7 Å². The summed E-state index contributed by atoms with van der Waals surface area (Å²) in [7, 11) is 0. The van der Waals surface area contributed by atoms with Crippen molar-refractivity contribution >= 4 is 11.0 Å². The molecular formula is C26H21F2N5O2. The lowest BCUT2D eigenvalue weighted by Crippen LogP contribution is -2.30. The van der Waals surface area contributed by atoms with Crippen molar-refractivity contribution in [3.05, 3.63) is 94.7 Å². The molecule has 1 aliphatic rings. The summed E-state index contributed by atoms with van der Waals surface area (Å²) in [5, 5.41) is 16.5. The van der Waals surface area contributed by atoms with Gasteiger partial charge in [-0.15, -0.1) is 0 Å². The van der Waals surface area contributed by atoms with Crippen LogP contribution < -0.4 is 0 Å². The molecule has 1 fully saturated rings. The summed E-state index contributed by atoms with van der Waals surface area (Å²) in [4.78, 5) is 15.8. The van der Waals surface area contributed by atoms with Crippen LogP contribution in [0.3, 0.4) is 0 Å². The number of fused-ring (bicyclic) bond motifs is 1. The van der Waals surface area contributed by atoms with Gasteiger partial charge in [0.15, 0.2) is 0 Å². The molecule has 1 aliphatic carbocycles. The minimum Gasteiger partial charge on any atom is -0.376 e. The van der Waals surface area contributed by atoms with E-state index in [1.54, 1.807) is 0 Å². The summed E-state index contributed by atoms with van der Waals surface area (Å²) in [5.41, 5.74) is 2.69. The van der Waals surface area contributed by atoms with Gasteiger partial charge >= 0.3 is 0 Å². The van der Waals surface area contributed by atoms with Crippen molar-refractivity contribution in [2.45, 2.75) is 38.2 Å². The van der Waals surface area contributed by atoms with Gasteiger partial charge in [-0.3, -0.25) is 0 Å². The highest BCUT2D eigenvalue weighted by Gasteiger charge is 2.39. The third kappa shape index (κ3) is 3.50. The third-order valence-electron chi connectivity index (χ3n) is 6.57. The Labute approximate surface area is 198 Å². The molecule has 5 aromatic rings. The standard InChI is InChI=1S/C26H21F2N5O2/c1-13-23(14(2)35-33-13)16-9-19(24-20(10-16)31-25(32-24)15-3-4-15)26(34,17-5-7-21(27)29-11-17)18-6-8-22(28)30-12-18/h5-12,15,34H,3-4H2,1-2H3,(H,31,32). The molecule has 0 saturated heterocycles. The first-order valence-electron chi connectivity index (χ1n) is 11.3. The molecule has 176 valence electrons. The Morgan fingerprint density at radius 2 is 1.66 bits per heavy atom. The minimum atomic E-state index is -1.86. The number of H-pyrrole nitrogens is 1. The number of hydrogen-bond donors (Lipinski definition) is 2. The Morgan fingerprint density at radius 1 is 1.00 bits per heavy atom. The van der Waals surface area contributed by atoms with E-state index in [2.05, 4.69) is 20.1 Å². The molecule has 35 heavy (non-hydrogen) atoms. The molecule has 0 radical (unpaired) electrons. The van der Waals surface area contributed by atoms with Crippen LogP contribution in [-0.2, 0) is 5.60 Å². The van der Waals surface area contributed by atoms with E-state index in [0.717, 1.165) is 35.3 Å². The maximum absolute atomic E-state index is 13.7. The van der Waals surface area contributed by atoms with Crippen LogP contribution in [0, 0.1) is 25.7 Å². The molecule has 9 heteroatoms. The van der Waals surface area contributed by atoms with Crippen LogP contribution in [0.1, 0.15) is 52.7 Å². The highest BCUT2D eigenvalue weighted by Crippen LogP contribution is 2.44. The summed E-state index contributed by atoms with van der Waals surface area (Å²) in [6.45, 7) is 3.67. The molecule has 7 nitrogen and oxygen atoms in total. The molecule has 6 rings (SSSR count). The second-order valence-corrected chi connectivity index (χ2v) is 8.97. The maximum atomic E-state index is 13.7. The van der Waals surface area contributed by atoms with Crippen LogP contribution >= 0.6 is 0 Å². The third-order valence-corrected chi connectivity index (χ3v) is 6.57. The zero-order valence-electron chi connectivity index (χ0n) is 19.0. The maximum Gasteiger partial charge on any atom is 0.212 e. The van der Waals surface area contributed by atoms with Crippen molar-refractivity contribution < 1.29 is 18.4 Å². The molecular weight excluding hydrogens is 452 g/mol. The lowest BCUT2D eigenvalue weighted by atomic mass is 9.80. The number of aromatic amines is 1. The second kappa shape index (κ2) is 7.78. The fraction of sp³-hybridized carbons (Fsp3) is 0.231. The molecule has 0 amide bonds. The van der Waals surface area contributed by atoms with Gasteiger partial charge in [0.1, 0.15) is 17.2 Å². The zero-order valence-corrected chi connectivity index (χ0v) is 19.0. The van der Waals surface area contributed by atoms with Crippen molar-refractivity contribution in [2.24, 2.45) is 0 Å². The molecule has 0 atom stereocenters. The van der Waals surface area contributed by atoms with E-state index < -0.39 is 17.5 Å². The summed E-state index contributed by atoms with van der Waals surface area (Å²) in [6.07, 6.45) is 4.61. The Balaban J connectivity index is 1.69. The molecule has 0 spiro atoms. The minimum absolute atomic E-state index is 0.292. The molecule has 1 aromatic carbocycles. The predicted octanol–water partition coefficient (Wildman–Crippen LogP) is 5.06. The SMILES string of the molecule is Cc1noc(C)c1-c1cc(C(O)(c2ccc(F)nc2)c2ccc(F)nc2)c2nc(C3CC3)[nH]c2c1. The van der Waals surface area contributed by atoms with Crippen LogP contribution in [0.25, 0.3) is 22.2 Å². The summed E-state index contributed by atoms with van der Waals surface area (Å²) < 4.78 is 32.9. The smallest absolute Gasteiger partial charge is 0.212 e. The van der Waals surface area contributed by atoms with Crippen LogP contribution in [-0.4, -0.2) is 30.2 Å². The normalized spacial score (nSPS) is 14.1. The number of hydrogen-bond acceptors (Lipinski definition) is 6. The van der Waals surface area contributed by atoms with Gasteiger partial charge in [0, 0.05) is 40.6 Å². The van der Waals surface area contributed by atoms with Gasteiger partial charge in [-0.1, -0.05) is 5.16 Å². The molecule has 2 N–H and O–H groups in total. The number of pyridine rings is 2. The lowest BCUT2D eigenvalue weighted by Gasteiger charge is -2.30. The van der Waals surface area contributed by atoms with Gasteiger partial charge in [-0.05, 0) is 68.7 Å². The first-order chi connectivity index (χ1) is 16.8. The van der Waals surface area contributed by atoms with Gasteiger partial charge < -0.3 is 14.6 Å². The van der Waals surface area contributed by atoms with Gasteiger partial charge in [0.25, 0.3) is 0 Å². The van der Waals surface area contributed by atoms with E-state index in [9.17, 15) is 13.9 Å². The van der Waals surface area contributed by atoms with E-state index in [1.165, 1.54) is 36.7 Å². The number of rotatable bonds is 5. The number of aromatic nitrogens is 5. The highest BCUT2D eigenvalue weighted by molar-refractivity contribution is 5.88. The number of halogens is 2. The van der Waals surface area contributed by atoms with E-state index in [4.69, 9.17) is 9.51 Å². The number of nitrogens with one attached hydrogen (secondary N) is 1. The largest absolute Gasteiger partial charge is 0.376 e. The van der Waals surface area contributed by atoms with Gasteiger partial charge in [-0.2, -0.15) is 8.78 Å². The number of aryl methyl sites for hydroxylation is 2. The van der Waals surface area contributed by atoms with E-state index in [0.29, 0.717) is 39.6 Å². The monoisotopic (exact) mass is 473 g/mol. The fourth-order valence-corrected chi connectivity index (χ4v) is 4.66. The molecule has 0 unspecified atom stereocenters. The Morgan fingerprint density at radius 3 is 2.17 bits per heavy atom. The zero-order chi connectivity index (χ0) is 24.3. The summed E-state index contributed by atoms with van der Waals surface area (Å²) in [6, 6.07) is 9.03. The van der Waals surface area contributed by atoms with Crippen molar-refractivity contribution in [3.8, 4) is 11.1 Å². The molecule has 0 bridgehead atoms. The van der Waals surface area contributed by atoms with Crippen molar-refractivity contribution in [3.63, 3.8) is 0 Å².